The molecule has 1 aromatic heterocycles. The van der Waals surface area contributed by atoms with E-state index in [4.69, 9.17) is 1.37 Å². The minimum Gasteiger partial charge on any atom is -0.200 e. The van der Waals surface area contributed by atoms with Gasteiger partial charge in [0.05, 0.1) is 10.9 Å². The maximum Gasteiger partial charge on any atom is 0.220 e. The van der Waals surface area contributed by atoms with Crippen molar-refractivity contribution in [2.45, 2.75) is 65.2 Å². The van der Waals surface area contributed by atoms with Crippen molar-refractivity contribution in [3.05, 3.63) is 64.8 Å². The summed E-state index contributed by atoms with van der Waals surface area (Å²) < 4.78 is 10.6. The second-order valence-electron chi connectivity index (χ2n) is 8.67. The Hall–Kier alpha value is -2.15. The third-order valence-corrected chi connectivity index (χ3v) is 6.52. The molecule has 0 aliphatic heterocycles. The van der Waals surface area contributed by atoms with E-state index in [2.05, 4.69) is 62.6 Å². The van der Waals surface area contributed by atoms with Crippen LogP contribution >= 0.6 is 0 Å². The highest BCUT2D eigenvalue weighted by Gasteiger charge is 2.23. The van der Waals surface area contributed by atoms with Crippen LogP contribution in [0.15, 0.2) is 42.6 Å². The van der Waals surface area contributed by atoms with E-state index in [1.165, 1.54) is 70.0 Å². The number of pyridine rings is 1. The van der Waals surface area contributed by atoms with Crippen molar-refractivity contribution in [1.82, 2.24) is 0 Å². The molecule has 2 aromatic carbocycles. The molecule has 0 unspecified atom stereocenters. The predicted octanol–water partition coefficient (Wildman–Crippen LogP) is 6.73. The number of nitrogens with zero attached hydrogens (tertiary/aromatic N) is 1. The zero-order valence-corrected chi connectivity index (χ0v) is 17.4. The van der Waals surface area contributed by atoms with Crippen LogP contribution in [-0.2, 0) is 7.05 Å². The first kappa shape index (κ1) is 17.0. The van der Waals surface area contributed by atoms with Crippen molar-refractivity contribution < 1.29 is 5.94 Å². The first-order valence-corrected chi connectivity index (χ1v) is 10.4. The summed E-state index contributed by atoms with van der Waals surface area (Å²) in [5.74, 6) is 1.19. The summed E-state index contributed by atoms with van der Waals surface area (Å²) in [5, 5.41) is 2.42. The molecule has 3 aromatic rings. The Morgan fingerprint density at radius 1 is 1.04 bits per heavy atom. The van der Waals surface area contributed by atoms with Gasteiger partial charge in [0.25, 0.3) is 0 Å². The fraction of sp³-hybridized carbons (Fsp3) is 0.423. The van der Waals surface area contributed by atoms with Crippen molar-refractivity contribution in [3.63, 3.8) is 0 Å². The van der Waals surface area contributed by atoms with Gasteiger partial charge in [-0.25, -0.2) is 4.57 Å². The van der Waals surface area contributed by atoms with Crippen molar-refractivity contribution in [1.29, 1.82) is 0 Å². The van der Waals surface area contributed by atoms with E-state index < -0.39 is 0 Å². The Morgan fingerprint density at radius 2 is 1.78 bits per heavy atom. The number of hydrogen-bond donors (Lipinski definition) is 0. The van der Waals surface area contributed by atoms with Crippen molar-refractivity contribution in [3.8, 4) is 11.3 Å². The summed E-state index contributed by atoms with van der Waals surface area (Å²) in [6, 6.07) is 13.6. The van der Waals surface area contributed by atoms with Gasteiger partial charge >= 0.3 is 0 Å². The van der Waals surface area contributed by atoms with Crippen LogP contribution in [0, 0.1) is 13.8 Å². The Kier molecular flexibility index (Phi) is 4.47. The van der Waals surface area contributed by atoms with Crippen LogP contribution in [0.3, 0.4) is 0 Å². The number of aromatic nitrogens is 1. The van der Waals surface area contributed by atoms with Crippen molar-refractivity contribution in [2.75, 3.05) is 0 Å². The molecule has 0 bridgehead atoms. The van der Waals surface area contributed by atoms with Gasteiger partial charge in [-0.15, -0.1) is 0 Å². The summed E-state index contributed by atoms with van der Waals surface area (Å²) in [4.78, 5) is 0. The molecular formula is C26H32N+. The van der Waals surface area contributed by atoms with Crippen LogP contribution in [0.25, 0.3) is 22.0 Å². The molecule has 0 spiro atoms. The highest BCUT2D eigenvalue weighted by atomic mass is 14.9. The number of aryl methyl sites for hydroxylation is 1. The summed E-state index contributed by atoms with van der Waals surface area (Å²) in [6.07, 6.45) is 5.88. The smallest absolute Gasteiger partial charge is 0.200 e. The zero-order valence-electron chi connectivity index (χ0n) is 18.4. The van der Waals surface area contributed by atoms with Crippen molar-refractivity contribution >= 4 is 10.8 Å². The van der Waals surface area contributed by atoms with E-state index in [9.17, 15) is 0 Å². The van der Waals surface area contributed by atoms with Crippen LogP contribution < -0.4 is 4.57 Å². The molecule has 0 amide bonds. The van der Waals surface area contributed by atoms with Gasteiger partial charge in [-0.1, -0.05) is 44.9 Å². The molecule has 0 saturated heterocycles. The first-order valence-electron chi connectivity index (χ1n) is 10.9. The van der Waals surface area contributed by atoms with Gasteiger partial charge in [0, 0.05) is 6.07 Å². The molecule has 0 atom stereocenters. The summed E-state index contributed by atoms with van der Waals surface area (Å²) in [5.41, 5.74) is 7.98. The molecule has 140 valence electrons. The van der Waals surface area contributed by atoms with Gasteiger partial charge in [-0.3, -0.25) is 0 Å². The lowest BCUT2D eigenvalue weighted by atomic mass is 9.88. The number of fused-ring (bicyclic) bond motifs is 1. The lowest BCUT2D eigenvalue weighted by Gasteiger charge is -2.16. The molecule has 1 aliphatic rings. The zero-order chi connectivity index (χ0) is 20.0. The van der Waals surface area contributed by atoms with Gasteiger partial charge in [0.2, 0.25) is 5.69 Å². The highest BCUT2D eigenvalue weighted by molar-refractivity contribution is 5.94. The maximum absolute atomic E-state index is 8.58. The van der Waals surface area contributed by atoms with E-state index in [1.807, 2.05) is 13.1 Å². The lowest BCUT2D eigenvalue weighted by molar-refractivity contribution is -0.659. The molecule has 1 fully saturated rings. The monoisotopic (exact) mass is 359 g/mol. The fourth-order valence-electron chi connectivity index (χ4n) is 4.64. The second-order valence-corrected chi connectivity index (χ2v) is 8.67. The van der Waals surface area contributed by atoms with Gasteiger partial charge < -0.3 is 0 Å². The van der Waals surface area contributed by atoms with Crippen LogP contribution in [0.2, 0.25) is 0 Å². The van der Waals surface area contributed by atoms with Gasteiger partial charge in [0.1, 0.15) is 8.42 Å². The largest absolute Gasteiger partial charge is 0.220 e. The van der Waals surface area contributed by atoms with Crippen molar-refractivity contribution in [2.24, 2.45) is 7.05 Å². The van der Waals surface area contributed by atoms with E-state index in [0.717, 1.165) is 0 Å². The molecule has 1 heteroatoms. The number of benzene rings is 2. The van der Waals surface area contributed by atoms with E-state index >= 15 is 0 Å². The van der Waals surface area contributed by atoms with E-state index in [-0.39, 0.29) is 0 Å². The summed E-state index contributed by atoms with van der Waals surface area (Å²) in [7, 11) is 2.03. The Balaban J connectivity index is 1.99. The maximum atomic E-state index is 8.58. The normalized spacial score (nSPS) is 15.7. The molecular weight excluding hydrogens is 326 g/mol. The topological polar surface area (TPSA) is 3.88 Å². The third-order valence-electron chi connectivity index (χ3n) is 6.52. The average Bonchev–Trinajstić information content (AvgIpc) is 3.20. The van der Waals surface area contributed by atoms with Gasteiger partial charge in [-0.2, -0.15) is 0 Å². The number of hydrogen-bond acceptors (Lipinski definition) is 0. The van der Waals surface area contributed by atoms with Crippen LogP contribution in [-0.4, -0.2) is 0 Å². The minimum atomic E-state index is 0.491. The Bertz CT molecular complexity index is 1040. The Morgan fingerprint density at radius 3 is 2.48 bits per heavy atom. The van der Waals surface area contributed by atoms with E-state index in [1.54, 1.807) is 0 Å². The van der Waals surface area contributed by atoms with E-state index in [0.29, 0.717) is 18.0 Å². The van der Waals surface area contributed by atoms with Crippen LogP contribution in [0.5, 0.6) is 0 Å². The minimum absolute atomic E-state index is 0.491. The van der Waals surface area contributed by atoms with Gasteiger partial charge in [-0.05, 0) is 78.3 Å². The number of rotatable bonds is 3. The van der Waals surface area contributed by atoms with Crippen LogP contribution in [0.1, 0.15) is 75.0 Å². The first-order chi connectivity index (χ1) is 13.4. The predicted molar refractivity (Wildman–Crippen MR) is 115 cm³/mol. The van der Waals surface area contributed by atoms with Crippen LogP contribution in [0.4, 0.5) is 0 Å². The quantitative estimate of drug-likeness (QED) is 0.456. The molecule has 27 heavy (non-hydrogen) atoms. The highest BCUT2D eigenvalue weighted by Crippen LogP contribution is 2.38. The molecule has 1 heterocycles. The standard InChI is InChI=1S/C26H32N/c1-17(2)21-10-11-24-22(15-21)12-13-27(5)26(24)25-16-23(14-18(3)19(25)4)20-8-6-7-9-20/h10-17,20H,6-9H2,1-5H3/q+1/i13D. The molecule has 1 aliphatic carbocycles. The molecule has 1 nitrogen and oxygen atoms in total. The molecule has 1 saturated carbocycles. The fourth-order valence-corrected chi connectivity index (χ4v) is 4.64. The lowest BCUT2D eigenvalue weighted by Crippen LogP contribution is -2.31. The SMILES string of the molecule is [2H]c1cc2cc(C(C)C)ccc2c(-c2cc(C3CCCC3)cc(C)c2C)[n+]1C. The average molecular weight is 360 g/mol. The third kappa shape index (κ3) is 3.29. The molecule has 4 rings (SSSR count). The molecule has 0 radical (unpaired) electrons. The summed E-state index contributed by atoms with van der Waals surface area (Å²) >= 11 is 0. The second kappa shape index (κ2) is 7.11. The molecule has 0 N–H and O–H groups in total. The summed E-state index contributed by atoms with van der Waals surface area (Å²) in [6.45, 7) is 8.92. The van der Waals surface area contributed by atoms with Gasteiger partial charge in [0.15, 0.2) is 6.17 Å². The Labute approximate surface area is 165 Å².